The van der Waals surface area contributed by atoms with Crippen LogP contribution in [0.4, 0.5) is 0 Å². The molecule has 1 heterocycles. The molecule has 30 heavy (non-hydrogen) atoms. The molecule has 1 aromatic heterocycles. The monoisotopic (exact) mass is 410 g/mol. The molecule has 0 aliphatic carbocycles. The average molecular weight is 411 g/mol. The Bertz CT molecular complexity index is 1140. The van der Waals surface area contributed by atoms with Crippen LogP contribution in [0.3, 0.4) is 0 Å². The van der Waals surface area contributed by atoms with E-state index in [-0.39, 0.29) is 6.85 Å². The maximum Gasteiger partial charge on any atom is 0.252 e. The van der Waals surface area contributed by atoms with Gasteiger partial charge in [0, 0.05) is 16.1 Å². The maximum atomic E-state index is 6.53. The molecule has 4 aromatic rings. The number of nitrogens with two attached hydrogens (primary N) is 1. The van der Waals surface area contributed by atoms with Crippen LogP contribution in [-0.2, 0) is 0 Å². The largest absolute Gasteiger partial charge is 0.366 e. The number of pyridine rings is 1. The number of rotatable bonds is 6. The number of hydrogen-bond donors (Lipinski definition) is 1. The Balaban J connectivity index is 1.93. The highest BCUT2D eigenvalue weighted by Gasteiger charge is 2.17. The van der Waals surface area contributed by atoms with Crippen molar-refractivity contribution in [2.45, 2.75) is 19.7 Å². The van der Waals surface area contributed by atoms with Crippen LogP contribution in [-0.4, -0.2) is 11.8 Å². The first-order valence-corrected chi connectivity index (χ1v) is 10.7. The van der Waals surface area contributed by atoms with Gasteiger partial charge >= 0.3 is 0 Å². The third-order valence-corrected chi connectivity index (χ3v) is 5.65. The van der Waals surface area contributed by atoms with E-state index in [4.69, 9.17) is 22.2 Å². The molecule has 148 valence electrons. The van der Waals surface area contributed by atoms with Gasteiger partial charge in [0.2, 0.25) is 0 Å². The summed E-state index contributed by atoms with van der Waals surface area (Å²) in [4.78, 5) is 4.96. The van der Waals surface area contributed by atoms with Crippen molar-refractivity contribution in [3.05, 3.63) is 96.0 Å². The Morgan fingerprint density at radius 3 is 2.13 bits per heavy atom. The predicted octanol–water partition coefficient (Wildman–Crippen LogP) is 6.30. The van der Waals surface area contributed by atoms with Crippen LogP contribution in [0.2, 0.25) is 11.3 Å². The van der Waals surface area contributed by atoms with E-state index in [0.29, 0.717) is 5.02 Å². The van der Waals surface area contributed by atoms with Crippen molar-refractivity contribution in [3.63, 3.8) is 0 Å². The summed E-state index contributed by atoms with van der Waals surface area (Å²) in [5.41, 5.74) is 13.7. The summed E-state index contributed by atoms with van der Waals surface area (Å²) in [5.74, 6) is 0. The second-order valence-electron chi connectivity index (χ2n) is 7.45. The molecular weight excluding hydrogens is 387 g/mol. The van der Waals surface area contributed by atoms with Crippen LogP contribution in [0.25, 0.3) is 33.6 Å². The Hall–Kier alpha value is -2.88. The average Bonchev–Trinajstić information content (AvgIpc) is 2.80. The topological polar surface area (TPSA) is 38.9 Å². The van der Waals surface area contributed by atoms with Gasteiger partial charge in [-0.3, -0.25) is 0 Å². The van der Waals surface area contributed by atoms with E-state index in [2.05, 4.69) is 55.5 Å². The number of benzene rings is 3. The maximum absolute atomic E-state index is 6.53. The van der Waals surface area contributed by atoms with Crippen molar-refractivity contribution < 1.29 is 0 Å². The Morgan fingerprint density at radius 2 is 1.40 bits per heavy atom. The van der Waals surface area contributed by atoms with Crippen LogP contribution >= 0.6 is 11.6 Å². The lowest BCUT2D eigenvalue weighted by molar-refractivity contribution is 1.06. The van der Waals surface area contributed by atoms with Gasteiger partial charge in [-0.25, -0.2) is 4.98 Å². The van der Waals surface area contributed by atoms with Gasteiger partial charge in [0.25, 0.3) is 6.85 Å². The fraction of sp³-hybridized carbons (Fsp3) is 0.115. The first kappa shape index (κ1) is 20.4. The molecule has 0 aliphatic heterocycles. The fourth-order valence-corrected chi connectivity index (χ4v) is 4.03. The summed E-state index contributed by atoms with van der Waals surface area (Å²) < 4.78 is 0. The fourth-order valence-electron chi connectivity index (χ4n) is 3.80. The smallest absolute Gasteiger partial charge is 0.252 e. The van der Waals surface area contributed by atoms with Gasteiger partial charge in [-0.2, -0.15) is 0 Å². The second kappa shape index (κ2) is 9.29. The molecule has 0 aliphatic rings. The highest BCUT2D eigenvalue weighted by Crippen LogP contribution is 2.32. The van der Waals surface area contributed by atoms with Crippen LogP contribution in [0.5, 0.6) is 0 Å². The van der Waals surface area contributed by atoms with Crippen LogP contribution in [0.15, 0.2) is 91.0 Å². The zero-order valence-electron chi connectivity index (χ0n) is 17.1. The molecule has 2 nitrogen and oxygen atoms in total. The van der Waals surface area contributed by atoms with Crippen LogP contribution in [0, 0.1) is 0 Å². The Labute approximate surface area is 183 Å². The molecule has 0 unspecified atom stereocenters. The SMILES string of the molecule is CCCB(N)c1ccccc1-c1cc(-c2ccccc2)nc(-c2ccccc2Cl)c1. The number of nitrogens with zero attached hydrogens (tertiary/aromatic N) is 1. The standard InChI is InChI=1S/C26H24BClN2/c1-2-16-27(29)23-14-8-6-12-21(23)20-17-25(19-10-4-3-5-11-19)30-26(18-20)22-13-7-9-15-24(22)28/h3-15,17-18H,2,16,29H2,1H3. The molecule has 0 fully saturated rings. The van der Waals surface area contributed by atoms with Crippen molar-refractivity contribution in [2.75, 3.05) is 0 Å². The highest BCUT2D eigenvalue weighted by molar-refractivity contribution is 6.71. The van der Waals surface area contributed by atoms with Crippen molar-refractivity contribution in [3.8, 4) is 33.6 Å². The third-order valence-electron chi connectivity index (χ3n) is 5.32. The summed E-state index contributed by atoms with van der Waals surface area (Å²) in [5, 5.41) is 0.692. The van der Waals surface area contributed by atoms with Gasteiger partial charge in [0.05, 0.1) is 11.4 Å². The molecule has 0 bridgehead atoms. The minimum atomic E-state index is 0.00306. The zero-order chi connectivity index (χ0) is 20.9. The van der Waals surface area contributed by atoms with Gasteiger partial charge < -0.3 is 5.64 Å². The molecule has 0 radical (unpaired) electrons. The summed E-state index contributed by atoms with van der Waals surface area (Å²) >= 11 is 6.52. The highest BCUT2D eigenvalue weighted by atomic mass is 35.5. The van der Waals surface area contributed by atoms with Gasteiger partial charge in [-0.05, 0) is 29.3 Å². The quantitative estimate of drug-likeness (QED) is 0.379. The molecule has 3 aromatic carbocycles. The molecule has 4 rings (SSSR count). The van der Waals surface area contributed by atoms with Crippen molar-refractivity contribution in [1.29, 1.82) is 0 Å². The normalized spacial score (nSPS) is 10.8. The van der Waals surface area contributed by atoms with Crippen LogP contribution in [0.1, 0.15) is 13.3 Å². The Kier molecular flexibility index (Phi) is 6.32. The lowest BCUT2D eigenvalue weighted by Crippen LogP contribution is -2.40. The van der Waals surface area contributed by atoms with E-state index in [9.17, 15) is 0 Å². The number of aromatic nitrogens is 1. The van der Waals surface area contributed by atoms with Gasteiger partial charge in [-0.15, -0.1) is 0 Å². The summed E-state index contributed by atoms with van der Waals surface area (Å²) in [6, 6.07) is 30.7. The second-order valence-corrected chi connectivity index (χ2v) is 7.86. The molecule has 0 saturated carbocycles. The van der Waals surface area contributed by atoms with E-state index < -0.39 is 0 Å². The van der Waals surface area contributed by atoms with E-state index in [1.807, 2.05) is 42.5 Å². The van der Waals surface area contributed by atoms with Crippen LogP contribution < -0.4 is 11.1 Å². The van der Waals surface area contributed by atoms with Crippen molar-refractivity contribution in [1.82, 2.24) is 4.98 Å². The van der Waals surface area contributed by atoms with Gasteiger partial charge in [0.1, 0.15) is 0 Å². The van der Waals surface area contributed by atoms with Gasteiger partial charge in [-0.1, -0.05) is 110 Å². The first-order chi connectivity index (χ1) is 14.7. The number of hydrogen-bond acceptors (Lipinski definition) is 2. The minimum Gasteiger partial charge on any atom is -0.366 e. The predicted molar refractivity (Wildman–Crippen MR) is 130 cm³/mol. The summed E-state index contributed by atoms with van der Waals surface area (Å²) in [6.07, 6.45) is 2.00. The van der Waals surface area contributed by atoms with E-state index in [0.717, 1.165) is 51.8 Å². The lowest BCUT2D eigenvalue weighted by atomic mass is 9.52. The zero-order valence-corrected chi connectivity index (χ0v) is 17.8. The number of halogens is 1. The molecule has 0 atom stereocenters. The Morgan fingerprint density at radius 1 is 0.767 bits per heavy atom. The van der Waals surface area contributed by atoms with E-state index >= 15 is 0 Å². The van der Waals surface area contributed by atoms with Crippen molar-refractivity contribution >= 4 is 23.9 Å². The summed E-state index contributed by atoms with van der Waals surface area (Å²) in [6.45, 7) is 2.17. The van der Waals surface area contributed by atoms with Gasteiger partial charge in [0.15, 0.2) is 0 Å². The lowest BCUT2D eigenvalue weighted by Gasteiger charge is -2.16. The van der Waals surface area contributed by atoms with Crippen molar-refractivity contribution in [2.24, 2.45) is 5.64 Å². The molecule has 0 amide bonds. The van der Waals surface area contributed by atoms with E-state index in [1.54, 1.807) is 0 Å². The first-order valence-electron chi connectivity index (χ1n) is 10.3. The molecule has 4 heteroatoms. The summed E-state index contributed by atoms with van der Waals surface area (Å²) in [7, 11) is 0. The molecular formula is C26H24BClN2. The molecule has 0 saturated heterocycles. The molecule has 0 spiro atoms. The molecule has 2 N–H and O–H groups in total. The third kappa shape index (κ3) is 4.33. The minimum absolute atomic E-state index is 0.00306. The van der Waals surface area contributed by atoms with E-state index in [1.165, 1.54) is 0 Å².